The number of hydrogen-bond acceptors (Lipinski definition) is 4. The Kier molecular flexibility index (Phi) is 6.64. The quantitative estimate of drug-likeness (QED) is 0.682. The van der Waals surface area contributed by atoms with E-state index in [0.717, 1.165) is 25.7 Å². The van der Waals surface area contributed by atoms with Gasteiger partial charge in [0.15, 0.2) is 0 Å². The normalized spacial score (nSPS) is 11.3. The van der Waals surface area contributed by atoms with Crippen LogP contribution in [0.3, 0.4) is 0 Å². The molecule has 118 valence electrons. The molecule has 0 aliphatic carbocycles. The van der Waals surface area contributed by atoms with Crippen molar-refractivity contribution in [2.45, 2.75) is 37.5 Å². The summed E-state index contributed by atoms with van der Waals surface area (Å²) in [6.07, 6.45) is 3.88. The van der Waals surface area contributed by atoms with Crippen LogP contribution in [0, 0.1) is 0 Å². The maximum Gasteiger partial charge on any atom is 0.335 e. The molecule has 21 heavy (non-hydrogen) atoms. The van der Waals surface area contributed by atoms with E-state index < -0.39 is 16.0 Å². The van der Waals surface area contributed by atoms with Crippen molar-refractivity contribution >= 4 is 16.0 Å². The van der Waals surface area contributed by atoms with Gasteiger partial charge in [0.1, 0.15) is 10.6 Å². The van der Waals surface area contributed by atoms with Gasteiger partial charge in [-0.25, -0.2) is 17.9 Å². The number of benzene rings is 1. The van der Waals surface area contributed by atoms with E-state index in [2.05, 4.69) is 11.6 Å². The Hall–Kier alpha value is -1.60. The Balaban J connectivity index is 2.85. The molecule has 6 nitrogen and oxygen atoms in total. The maximum atomic E-state index is 12.2. The highest BCUT2D eigenvalue weighted by Crippen LogP contribution is 2.24. The molecule has 0 unspecified atom stereocenters. The van der Waals surface area contributed by atoms with E-state index in [-0.39, 0.29) is 16.2 Å². The van der Waals surface area contributed by atoms with Crippen LogP contribution in [0.4, 0.5) is 0 Å². The van der Waals surface area contributed by atoms with Crippen molar-refractivity contribution in [2.24, 2.45) is 0 Å². The van der Waals surface area contributed by atoms with Crippen LogP contribution in [0.1, 0.15) is 43.0 Å². The minimum Gasteiger partial charge on any atom is -0.495 e. The fraction of sp³-hybridized carbons (Fsp3) is 0.500. The van der Waals surface area contributed by atoms with E-state index in [1.165, 1.54) is 25.3 Å². The summed E-state index contributed by atoms with van der Waals surface area (Å²) >= 11 is 0. The van der Waals surface area contributed by atoms with E-state index in [0.29, 0.717) is 6.54 Å². The Bertz CT molecular complexity index is 583. The molecule has 0 aliphatic rings. The molecule has 0 bridgehead atoms. The molecule has 0 saturated carbocycles. The molecule has 0 amide bonds. The number of rotatable bonds is 9. The number of unbranched alkanes of at least 4 members (excludes halogenated alkanes) is 3. The van der Waals surface area contributed by atoms with Crippen LogP contribution >= 0.6 is 0 Å². The van der Waals surface area contributed by atoms with E-state index in [1.807, 2.05) is 0 Å². The van der Waals surface area contributed by atoms with Gasteiger partial charge in [-0.2, -0.15) is 0 Å². The highest BCUT2D eigenvalue weighted by molar-refractivity contribution is 7.89. The van der Waals surface area contributed by atoms with Crippen LogP contribution in [0.2, 0.25) is 0 Å². The monoisotopic (exact) mass is 315 g/mol. The zero-order valence-electron chi connectivity index (χ0n) is 12.3. The Morgan fingerprint density at radius 3 is 2.57 bits per heavy atom. The average molecular weight is 315 g/mol. The van der Waals surface area contributed by atoms with E-state index in [4.69, 9.17) is 9.84 Å². The third-order valence-corrected chi connectivity index (χ3v) is 4.52. The second-order valence-corrected chi connectivity index (χ2v) is 6.36. The van der Waals surface area contributed by atoms with Gasteiger partial charge in [-0.3, -0.25) is 0 Å². The molecule has 0 radical (unpaired) electrons. The molecule has 0 heterocycles. The van der Waals surface area contributed by atoms with Gasteiger partial charge >= 0.3 is 5.97 Å². The third-order valence-electron chi connectivity index (χ3n) is 3.02. The van der Waals surface area contributed by atoms with Crippen molar-refractivity contribution in [3.8, 4) is 5.75 Å². The summed E-state index contributed by atoms with van der Waals surface area (Å²) in [6.45, 7) is 2.44. The predicted octanol–water partition coefficient (Wildman–Crippen LogP) is 2.25. The number of carbonyl (C=O) groups is 1. The largest absolute Gasteiger partial charge is 0.495 e. The number of nitrogens with one attached hydrogen (secondary N) is 1. The molecular weight excluding hydrogens is 294 g/mol. The predicted molar refractivity (Wildman–Crippen MR) is 79.3 cm³/mol. The lowest BCUT2D eigenvalue weighted by atomic mass is 10.2. The highest BCUT2D eigenvalue weighted by Gasteiger charge is 2.20. The molecule has 0 fully saturated rings. The Labute approximate surface area is 125 Å². The summed E-state index contributed by atoms with van der Waals surface area (Å²) in [5.74, 6) is -1.11. The topological polar surface area (TPSA) is 92.7 Å². The molecule has 0 saturated heterocycles. The minimum absolute atomic E-state index is 0.0197. The molecular formula is C14H21NO5S. The van der Waals surface area contributed by atoms with Gasteiger partial charge in [0, 0.05) is 6.54 Å². The van der Waals surface area contributed by atoms with Gasteiger partial charge in [0.25, 0.3) is 0 Å². The van der Waals surface area contributed by atoms with Crippen LogP contribution in [0.5, 0.6) is 5.75 Å². The van der Waals surface area contributed by atoms with Crippen LogP contribution in [-0.4, -0.2) is 33.1 Å². The fourth-order valence-electron chi connectivity index (χ4n) is 1.86. The van der Waals surface area contributed by atoms with E-state index in [1.54, 1.807) is 0 Å². The molecule has 0 spiro atoms. The first kappa shape index (κ1) is 17.5. The molecule has 7 heteroatoms. The van der Waals surface area contributed by atoms with Crippen molar-refractivity contribution in [3.63, 3.8) is 0 Å². The smallest absolute Gasteiger partial charge is 0.335 e. The number of carboxylic acids is 1. The number of hydrogen-bond donors (Lipinski definition) is 2. The summed E-state index contributed by atoms with van der Waals surface area (Å²) in [5.41, 5.74) is -0.0197. The Morgan fingerprint density at radius 1 is 1.29 bits per heavy atom. The molecule has 1 aromatic carbocycles. The second kappa shape index (κ2) is 7.99. The van der Waals surface area contributed by atoms with Gasteiger partial charge in [0.05, 0.1) is 12.7 Å². The SMILES string of the molecule is CCCCCCNS(=O)(=O)c1ccc(C(=O)O)cc1OC. The molecule has 1 rings (SSSR count). The molecule has 1 aromatic rings. The number of carboxylic acid groups (broad SMARTS) is 1. The van der Waals surface area contributed by atoms with Crippen molar-refractivity contribution in [3.05, 3.63) is 23.8 Å². The lowest BCUT2D eigenvalue weighted by molar-refractivity contribution is 0.0696. The second-order valence-electron chi connectivity index (χ2n) is 4.63. The molecule has 0 atom stereocenters. The lowest BCUT2D eigenvalue weighted by Gasteiger charge is -2.11. The number of methoxy groups -OCH3 is 1. The van der Waals surface area contributed by atoms with Crippen LogP contribution in [-0.2, 0) is 10.0 Å². The first-order valence-electron chi connectivity index (χ1n) is 6.83. The van der Waals surface area contributed by atoms with Gasteiger partial charge in [0.2, 0.25) is 10.0 Å². The van der Waals surface area contributed by atoms with Crippen molar-refractivity contribution in [2.75, 3.05) is 13.7 Å². The lowest BCUT2D eigenvalue weighted by Crippen LogP contribution is -2.25. The van der Waals surface area contributed by atoms with E-state index in [9.17, 15) is 13.2 Å². The van der Waals surface area contributed by atoms with Gasteiger partial charge in [-0.05, 0) is 24.6 Å². The first-order chi connectivity index (χ1) is 9.92. The van der Waals surface area contributed by atoms with Crippen molar-refractivity contribution < 1.29 is 23.1 Å². The summed E-state index contributed by atoms with van der Waals surface area (Å²) in [6, 6.07) is 3.70. The molecule has 0 aromatic heterocycles. The maximum absolute atomic E-state index is 12.2. The third kappa shape index (κ3) is 5.02. The van der Waals surface area contributed by atoms with Crippen LogP contribution < -0.4 is 9.46 Å². The molecule has 2 N–H and O–H groups in total. The summed E-state index contributed by atoms with van der Waals surface area (Å²) in [7, 11) is -2.39. The Morgan fingerprint density at radius 2 is 2.00 bits per heavy atom. The van der Waals surface area contributed by atoms with Gasteiger partial charge in [-0.15, -0.1) is 0 Å². The zero-order valence-corrected chi connectivity index (χ0v) is 13.1. The molecule has 0 aliphatic heterocycles. The first-order valence-corrected chi connectivity index (χ1v) is 8.31. The minimum atomic E-state index is -3.70. The summed E-state index contributed by atoms with van der Waals surface area (Å²) in [4.78, 5) is 10.8. The van der Waals surface area contributed by atoms with Gasteiger partial charge < -0.3 is 9.84 Å². The van der Waals surface area contributed by atoms with Crippen LogP contribution in [0.15, 0.2) is 23.1 Å². The van der Waals surface area contributed by atoms with Crippen molar-refractivity contribution in [1.82, 2.24) is 4.72 Å². The zero-order chi connectivity index (χ0) is 15.9. The summed E-state index contributed by atoms with van der Waals surface area (Å²) in [5, 5.41) is 8.90. The number of ether oxygens (including phenoxy) is 1. The highest BCUT2D eigenvalue weighted by atomic mass is 32.2. The van der Waals surface area contributed by atoms with Gasteiger partial charge in [-0.1, -0.05) is 26.2 Å². The summed E-state index contributed by atoms with van der Waals surface area (Å²) < 4.78 is 31.9. The van der Waals surface area contributed by atoms with E-state index >= 15 is 0 Å². The average Bonchev–Trinajstić information content (AvgIpc) is 2.46. The number of sulfonamides is 1. The van der Waals surface area contributed by atoms with Crippen molar-refractivity contribution in [1.29, 1.82) is 0 Å². The standard InChI is InChI=1S/C14H21NO5S/c1-3-4-5-6-9-15-21(18,19)13-8-7-11(14(16)17)10-12(13)20-2/h7-8,10,15H,3-6,9H2,1-2H3,(H,16,17). The number of aromatic carboxylic acids is 1. The fourth-order valence-corrected chi connectivity index (χ4v) is 3.08. The van der Waals surface area contributed by atoms with Crippen LogP contribution in [0.25, 0.3) is 0 Å².